The lowest BCUT2D eigenvalue weighted by molar-refractivity contribution is -0.134. The number of carbonyl (C=O) groups is 2. The zero-order chi connectivity index (χ0) is 21.2. The summed E-state index contributed by atoms with van der Waals surface area (Å²) in [6, 6.07) is 3.61. The number of fused-ring (bicyclic) bond motifs is 1. The number of hydrogen-bond donors (Lipinski definition) is 0. The molecule has 0 N–H and O–H groups in total. The zero-order valence-corrected chi connectivity index (χ0v) is 19.5. The molecule has 0 radical (unpaired) electrons. The van der Waals surface area contributed by atoms with Gasteiger partial charge in [0.25, 0.3) is 0 Å². The molecule has 160 valence electrons. The van der Waals surface area contributed by atoms with Crippen LogP contribution in [0.5, 0.6) is 0 Å². The van der Waals surface area contributed by atoms with Crippen molar-refractivity contribution in [3.63, 3.8) is 0 Å². The minimum Gasteiger partial charge on any atom is -0.340 e. The SMILES string of the molecule is CCC(=O)N1CCc2cc(Br)c(S(=O)(=O)CCC(=O)N3CCCCC3CC)cc21. The van der Waals surface area contributed by atoms with Crippen LogP contribution in [0.1, 0.15) is 57.9 Å². The Hall–Kier alpha value is -1.41. The summed E-state index contributed by atoms with van der Waals surface area (Å²) < 4.78 is 26.6. The van der Waals surface area contributed by atoms with Crippen molar-refractivity contribution in [3.8, 4) is 0 Å². The quantitative estimate of drug-likeness (QED) is 0.616. The van der Waals surface area contributed by atoms with Crippen LogP contribution in [0.15, 0.2) is 21.5 Å². The number of piperidine rings is 1. The standard InChI is InChI=1S/C21H29BrN2O4S/c1-3-16-7-5-6-10-23(16)21(26)9-12-29(27,28)19-14-18-15(13-17(19)22)8-11-24(18)20(25)4-2/h13-14,16H,3-12H2,1-2H3. The minimum atomic E-state index is -3.66. The fourth-order valence-electron chi connectivity index (χ4n) is 4.30. The van der Waals surface area contributed by atoms with Crippen molar-refractivity contribution in [2.24, 2.45) is 0 Å². The normalized spacial score (nSPS) is 19.3. The van der Waals surface area contributed by atoms with Gasteiger partial charge < -0.3 is 9.80 Å². The Morgan fingerprint density at radius 1 is 1.14 bits per heavy atom. The molecule has 2 heterocycles. The number of hydrogen-bond acceptors (Lipinski definition) is 4. The molecule has 2 aliphatic heterocycles. The topological polar surface area (TPSA) is 74.8 Å². The van der Waals surface area contributed by atoms with Crippen molar-refractivity contribution in [2.75, 3.05) is 23.7 Å². The summed E-state index contributed by atoms with van der Waals surface area (Å²) in [4.78, 5) is 28.6. The van der Waals surface area contributed by atoms with E-state index in [2.05, 4.69) is 22.9 Å². The number of sulfone groups is 1. The monoisotopic (exact) mass is 484 g/mol. The van der Waals surface area contributed by atoms with Crippen LogP contribution in [-0.2, 0) is 25.8 Å². The van der Waals surface area contributed by atoms with Crippen LogP contribution in [0.25, 0.3) is 0 Å². The first-order valence-electron chi connectivity index (χ1n) is 10.4. The summed E-state index contributed by atoms with van der Waals surface area (Å²) in [7, 11) is -3.66. The van der Waals surface area contributed by atoms with Gasteiger partial charge in [-0.2, -0.15) is 0 Å². The van der Waals surface area contributed by atoms with Gasteiger partial charge >= 0.3 is 0 Å². The molecule has 1 unspecified atom stereocenters. The van der Waals surface area contributed by atoms with Crippen LogP contribution in [0.4, 0.5) is 5.69 Å². The van der Waals surface area contributed by atoms with E-state index in [0.29, 0.717) is 36.1 Å². The molecule has 2 aliphatic rings. The maximum atomic E-state index is 13.0. The maximum Gasteiger partial charge on any atom is 0.226 e. The summed E-state index contributed by atoms with van der Waals surface area (Å²) >= 11 is 3.39. The van der Waals surface area contributed by atoms with Crippen molar-refractivity contribution in [1.29, 1.82) is 0 Å². The minimum absolute atomic E-state index is 0.0136. The highest BCUT2D eigenvalue weighted by Gasteiger charge is 2.30. The molecule has 0 aromatic heterocycles. The Labute approximate surface area is 181 Å². The van der Waals surface area contributed by atoms with Crippen LogP contribution in [0.2, 0.25) is 0 Å². The molecule has 0 bridgehead atoms. The van der Waals surface area contributed by atoms with Crippen molar-refractivity contribution in [1.82, 2.24) is 4.90 Å². The second kappa shape index (κ2) is 9.16. The van der Waals surface area contributed by atoms with Gasteiger partial charge in [0.1, 0.15) is 0 Å². The van der Waals surface area contributed by atoms with Gasteiger partial charge in [-0.1, -0.05) is 13.8 Å². The fraction of sp³-hybridized carbons (Fsp3) is 0.619. The van der Waals surface area contributed by atoms with E-state index >= 15 is 0 Å². The summed E-state index contributed by atoms with van der Waals surface area (Å²) in [5, 5.41) is 0. The van der Waals surface area contributed by atoms with E-state index in [1.54, 1.807) is 24.0 Å². The Bertz CT molecular complexity index is 900. The third-order valence-electron chi connectivity index (χ3n) is 5.97. The summed E-state index contributed by atoms with van der Waals surface area (Å²) in [5.41, 5.74) is 1.64. The Morgan fingerprint density at radius 3 is 2.59 bits per heavy atom. The van der Waals surface area contributed by atoms with Gasteiger partial charge in [0.2, 0.25) is 11.8 Å². The van der Waals surface area contributed by atoms with Gasteiger partial charge in [0, 0.05) is 42.1 Å². The van der Waals surface area contributed by atoms with E-state index in [1.807, 2.05) is 4.90 Å². The van der Waals surface area contributed by atoms with E-state index in [1.165, 1.54) is 0 Å². The summed E-state index contributed by atoms with van der Waals surface area (Å²) in [6.45, 7) is 5.16. The Morgan fingerprint density at radius 2 is 1.90 bits per heavy atom. The molecule has 1 atom stereocenters. The lowest BCUT2D eigenvalue weighted by Crippen LogP contribution is -2.43. The Balaban J connectivity index is 1.77. The average molecular weight is 485 g/mol. The number of rotatable bonds is 6. The molecule has 29 heavy (non-hydrogen) atoms. The van der Waals surface area contributed by atoms with Crippen molar-refractivity contribution < 1.29 is 18.0 Å². The first-order valence-corrected chi connectivity index (χ1v) is 12.9. The number of carbonyl (C=O) groups excluding carboxylic acids is 2. The van der Waals surface area contributed by atoms with Gasteiger partial charge in [-0.3, -0.25) is 9.59 Å². The third kappa shape index (κ3) is 4.68. The summed E-state index contributed by atoms with van der Waals surface area (Å²) in [6.07, 6.45) is 5.07. The zero-order valence-electron chi connectivity index (χ0n) is 17.1. The van der Waals surface area contributed by atoms with Gasteiger partial charge in [-0.05, 0) is 65.7 Å². The molecular weight excluding hydrogens is 456 g/mol. The number of anilines is 1. The van der Waals surface area contributed by atoms with E-state index in [-0.39, 0.29) is 34.9 Å². The maximum absolute atomic E-state index is 13.0. The van der Waals surface area contributed by atoms with Crippen LogP contribution in [-0.4, -0.2) is 50.0 Å². The van der Waals surface area contributed by atoms with Gasteiger partial charge in [-0.25, -0.2) is 8.42 Å². The molecule has 1 aromatic rings. The molecular formula is C21H29BrN2O4S. The predicted octanol–water partition coefficient (Wildman–Crippen LogP) is 3.70. The van der Waals surface area contributed by atoms with E-state index in [4.69, 9.17) is 0 Å². The van der Waals surface area contributed by atoms with E-state index in [0.717, 1.165) is 31.2 Å². The number of amides is 2. The molecule has 1 fully saturated rings. The molecule has 8 heteroatoms. The van der Waals surface area contributed by atoms with Crippen LogP contribution in [0.3, 0.4) is 0 Å². The molecule has 1 aromatic carbocycles. The van der Waals surface area contributed by atoms with Crippen molar-refractivity contribution in [2.45, 2.75) is 69.7 Å². The number of halogens is 1. The highest BCUT2D eigenvalue weighted by Crippen LogP contribution is 2.36. The molecule has 1 saturated heterocycles. The Kier molecular flexibility index (Phi) is 7.04. The van der Waals surface area contributed by atoms with Crippen LogP contribution >= 0.6 is 15.9 Å². The molecule has 2 amide bonds. The lowest BCUT2D eigenvalue weighted by Gasteiger charge is -2.35. The lowest BCUT2D eigenvalue weighted by atomic mass is 10.00. The largest absolute Gasteiger partial charge is 0.340 e. The molecule has 0 aliphatic carbocycles. The molecule has 0 spiro atoms. The van der Waals surface area contributed by atoms with E-state index < -0.39 is 9.84 Å². The average Bonchev–Trinajstić information content (AvgIpc) is 3.13. The van der Waals surface area contributed by atoms with E-state index in [9.17, 15) is 18.0 Å². The number of likely N-dealkylation sites (tertiary alicyclic amines) is 1. The van der Waals surface area contributed by atoms with Gasteiger partial charge in [0.05, 0.1) is 10.6 Å². The van der Waals surface area contributed by atoms with Crippen molar-refractivity contribution in [3.05, 3.63) is 22.2 Å². The second-order valence-corrected chi connectivity index (χ2v) is 10.7. The van der Waals surface area contributed by atoms with Crippen LogP contribution in [0, 0.1) is 0 Å². The molecule has 6 nitrogen and oxygen atoms in total. The second-order valence-electron chi connectivity index (χ2n) is 7.77. The first-order chi connectivity index (χ1) is 13.8. The fourth-order valence-corrected chi connectivity index (χ4v) is 6.75. The highest BCUT2D eigenvalue weighted by atomic mass is 79.9. The van der Waals surface area contributed by atoms with Crippen LogP contribution < -0.4 is 4.90 Å². The van der Waals surface area contributed by atoms with Crippen molar-refractivity contribution >= 4 is 43.3 Å². The third-order valence-corrected chi connectivity index (χ3v) is 8.64. The number of benzene rings is 1. The number of nitrogens with zero attached hydrogens (tertiary/aromatic N) is 2. The highest BCUT2D eigenvalue weighted by molar-refractivity contribution is 9.10. The molecule has 0 saturated carbocycles. The predicted molar refractivity (Wildman–Crippen MR) is 117 cm³/mol. The van der Waals surface area contributed by atoms with Gasteiger partial charge in [-0.15, -0.1) is 0 Å². The summed E-state index contributed by atoms with van der Waals surface area (Å²) in [5.74, 6) is -0.321. The molecule has 3 rings (SSSR count). The smallest absolute Gasteiger partial charge is 0.226 e. The van der Waals surface area contributed by atoms with Gasteiger partial charge in [0.15, 0.2) is 9.84 Å². The first kappa shape index (κ1) is 22.3.